The van der Waals surface area contributed by atoms with E-state index >= 15 is 0 Å². The molecule has 1 aromatic heterocycles. The average Bonchev–Trinajstić information content (AvgIpc) is 3.23. The summed E-state index contributed by atoms with van der Waals surface area (Å²) in [7, 11) is 0. The molecule has 0 fully saturated rings. The molecule has 3 aromatic rings. The third-order valence-corrected chi connectivity index (χ3v) is 6.75. The van der Waals surface area contributed by atoms with Gasteiger partial charge in [-0.1, -0.05) is 47.4 Å². The molecule has 0 bridgehead atoms. The molecule has 1 aliphatic carbocycles. The highest BCUT2D eigenvalue weighted by molar-refractivity contribution is 8.02. The van der Waals surface area contributed by atoms with Crippen LogP contribution in [-0.4, -0.2) is 45.6 Å². The Morgan fingerprint density at radius 2 is 1.67 bits per heavy atom. The minimum atomic E-state index is -4.38. The van der Waals surface area contributed by atoms with Crippen molar-refractivity contribution in [1.29, 1.82) is 0 Å². The summed E-state index contributed by atoms with van der Waals surface area (Å²) in [6.45, 7) is 0.375. The Labute approximate surface area is 193 Å². The summed E-state index contributed by atoms with van der Waals surface area (Å²) in [5.74, 6) is -0.963. The van der Waals surface area contributed by atoms with Crippen LogP contribution in [0.15, 0.2) is 46.8 Å². The smallest absolute Gasteiger partial charge is 0.351 e. The number of halogens is 3. The Morgan fingerprint density at radius 3 is 2.33 bits per heavy atom. The maximum Gasteiger partial charge on any atom is 0.405 e. The van der Waals surface area contributed by atoms with Crippen LogP contribution in [-0.2, 0) is 4.79 Å². The van der Waals surface area contributed by atoms with Crippen LogP contribution in [0.2, 0.25) is 0 Å². The monoisotopic (exact) mass is 492 g/mol. The largest absolute Gasteiger partial charge is 0.405 e. The number of fused-ring (bicyclic) bond motifs is 2. The predicted molar refractivity (Wildman–Crippen MR) is 118 cm³/mol. The summed E-state index contributed by atoms with van der Waals surface area (Å²) in [4.78, 5) is 38.1. The Kier molecular flexibility index (Phi) is 6.21. The van der Waals surface area contributed by atoms with E-state index in [-0.39, 0.29) is 27.8 Å². The number of anilines is 2. The normalized spacial score (nSPS) is 13.8. The fourth-order valence-corrected chi connectivity index (χ4v) is 5.02. The first-order chi connectivity index (χ1) is 15.6. The fraction of sp³-hybridized carbons (Fsp3) is 0.190. The van der Waals surface area contributed by atoms with Gasteiger partial charge in [-0.3, -0.25) is 14.4 Å². The number of hydrogen-bond donors (Lipinski definition) is 2. The van der Waals surface area contributed by atoms with E-state index in [4.69, 9.17) is 0 Å². The van der Waals surface area contributed by atoms with Crippen LogP contribution in [0.1, 0.15) is 38.8 Å². The van der Waals surface area contributed by atoms with Gasteiger partial charge in [-0.15, -0.1) is 10.2 Å². The van der Waals surface area contributed by atoms with Crippen LogP contribution in [0, 0.1) is 0 Å². The molecule has 1 amide bonds. The third kappa shape index (κ3) is 5.06. The van der Waals surface area contributed by atoms with Gasteiger partial charge in [0.2, 0.25) is 11.0 Å². The molecule has 1 atom stereocenters. The maximum absolute atomic E-state index is 12.8. The van der Waals surface area contributed by atoms with Gasteiger partial charge in [-0.2, -0.15) is 13.2 Å². The average molecular weight is 493 g/mol. The number of thioether (sulfide) groups is 1. The number of carbonyl (C=O) groups is 3. The minimum absolute atomic E-state index is 0.000538. The van der Waals surface area contributed by atoms with Gasteiger partial charge in [0.05, 0.1) is 5.25 Å². The summed E-state index contributed by atoms with van der Waals surface area (Å²) < 4.78 is 37.2. The molecule has 0 radical (unpaired) electrons. The molecular formula is C21H15F3N4O3S2. The van der Waals surface area contributed by atoms with Gasteiger partial charge in [-0.05, 0) is 25.1 Å². The van der Waals surface area contributed by atoms with Crippen molar-refractivity contribution < 1.29 is 27.6 Å². The molecule has 1 aliphatic rings. The van der Waals surface area contributed by atoms with E-state index < -0.39 is 23.9 Å². The lowest BCUT2D eigenvalue weighted by Crippen LogP contribution is -2.24. The van der Waals surface area contributed by atoms with Gasteiger partial charge < -0.3 is 10.6 Å². The zero-order valence-electron chi connectivity index (χ0n) is 16.9. The number of alkyl halides is 3. The molecule has 0 aliphatic heterocycles. The Balaban J connectivity index is 1.42. The molecule has 0 saturated heterocycles. The van der Waals surface area contributed by atoms with Gasteiger partial charge >= 0.3 is 6.18 Å². The molecule has 4 rings (SSSR count). The number of nitrogens with one attached hydrogen (secondary N) is 2. The molecular weight excluding hydrogens is 477 g/mol. The van der Waals surface area contributed by atoms with Crippen molar-refractivity contribution in [3.8, 4) is 0 Å². The molecule has 0 saturated carbocycles. The molecule has 0 spiro atoms. The Bertz CT molecular complexity index is 1260. The first-order valence-electron chi connectivity index (χ1n) is 9.56. The van der Waals surface area contributed by atoms with E-state index in [1.54, 1.807) is 31.2 Å². The van der Waals surface area contributed by atoms with E-state index in [0.29, 0.717) is 21.2 Å². The van der Waals surface area contributed by atoms with Crippen LogP contribution >= 0.6 is 23.1 Å². The van der Waals surface area contributed by atoms with E-state index in [1.165, 1.54) is 18.2 Å². The number of ketones is 2. The second-order valence-corrected chi connectivity index (χ2v) is 9.62. The molecule has 1 unspecified atom stereocenters. The van der Waals surface area contributed by atoms with Crippen LogP contribution in [0.3, 0.4) is 0 Å². The van der Waals surface area contributed by atoms with Crippen molar-refractivity contribution >= 4 is 51.4 Å². The number of benzene rings is 2. The number of carbonyl (C=O) groups excluding carboxylic acids is 3. The van der Waals surface area contributed by atoms with Crippen molar-refractivity contribution in [3.63, 3.8) is 0 Å². The molecule has 33 heavy (non-hydrogen) atoms. The van der Waals surface area contributed by atoms with Gasteiger partial charge in [0.25, 0.3) is 0 Å². The lowest BCUT2D eigenvalue weighted by atomic mass is 9.84. The van der Waals surface area contributed by atoms with Crippen LogP contribution in [0.5, 0.6) is 0 Å². The number of aromatic nitrogens is 2. The van der Waals surface area contributed by atoms with Gasteiger partial charge in [0.1, 0.15) is 6.54 Å². The molecule has 2 aromatic carbocycles. The number of rotatable bonds is 6. The highest BCUT2D eigenvalue weighted by atomic mass is 32.2. The van der Waals surface area contributed by atoms with Gasteiger partial charge in [0.15, 0.2) is 15.9 Å². The number of nitrogens with zero attached hydrogens (tertiary/aromatic N) is 2. The van der Waals surface area contributed by atoms with Crippen molar-refractivity contribution in [3.05, 3.63) is 64.7 Å². The van der Waals surface area contributed by atoms with Crippen LogP contribution in [0.25, 0.3) is 0 Å². The predicted octanol–water partition coefficient (Wildman–Crippen LogP) is 4.41. The maximum atomic E-state index is 12.8. The van der Waals surface area contributed by atoms with E-state index in [0.717, 1.165) is 23.1 Å². The highest BCUT2D eigenvalue weighted by Gasteiger charge is 2.30. The van der Waals surface area contributed by atoms with E-state index in [2.05, 4.69) is 20.8 Å². The van der Waals surface area contributed by atoms with Crippen molar-refractivity contribution in [2.45, 2.75) is 22.7 Å². The SMILES string of the molecule is CC(Sc1nnc(NCC(F)(F)F)s1)C(=O)Nc1ccc2c(c1)C(=O)c1ccccc1C2=O. The Morgan fingerprint density at radius 1 is 1.03 bits per heavy atom. The summed E-state index contributed by atoms with van der Waals surface area (Å²) in [5.41, 5.74) is 1.48. The lowest BCUT2D eigenvalue weighted by Gasteiger charge is -2.18. The summed E-state index contributed by atoms with van der Waals surface area (Å²) in [6, 6.07) is 11.1. The second-order valence-electron chi connectivity index (χ2n) is 7.06. The molecule has 7 nitrogen and oxygen atoms in total. The van der Waals surface area contributed by atoms with Crippen molar-refractivity contribution in [2.75, 3.05) is 17.2 Å². The lowest BCUT2D eigenvalue weighted by molar-refractivity contribution is -0.116. The molecule has 1 heterocycles. The first kappa shape index (κ1) is 22.9. The first-order valence-corrected chi connectivity index (χ1v) is 11.3. The fourth-order valence-electron chi connectivity index (χ4n) is 3.13. The standard InChI is InChI=1S/C21H15F3N4O3S2/c1-10(32-20-28-27-19(33-20)25-9-21(22,23)24)18(31)26-11-6-7-14-15(8-11)17(30)13-5-3-2-4-12(13)16(14)29/h2-8,10H,9H2,1H3,(H,25,27)(H,26,31). The zero-order valence-corrected chi connectivity index (χ0v) is 18.5. The zero-order chi connectivity index (χ0) is 23.8. The highest BCUT2D eigenvalue weighted by Crippen LogP contribution is 2.32. The van der Waals surface area contributed by atoms with Crippen LogP contribution < -0.4 is 10.6 Å². The summed E-state index contributed by atoms with van der Waals surface area (Å²) in [6.07, 6.45) is -4.38. The Hall–Kier alpha value is -3.25. The summed E-state index contributed by atoms with van der Waals surface area (Å²) >= 11 is 1.94. The van der Waals surface area contributed by atoms with E-state index in [1.807, 2.05) is 0 Å². The quantitative estimate of drug-likeness (QED) is 0.385. The topological polar surface area (TPSA) is 101 Å². The second kappa shape index (κ2) is 8.94. The number of hydrogen-bond acceptors (Lipinski definition) is 8. The van der Waals surface area contributed by atoms with Crippen LogP contribution in [0.4, 0.5) is 24.0 Å². The molecule has 12 heteroatoms. The van der Waals surface area contributed by atoms with Gasteiger partial charge in [-0.25, -0.2) is 0 Å². The summed E-state index contributed by atoms with van der Waals surface area (Å²) in [5, 5.41) is 11.6. The molecule has 170 valence electrons. The van der Waals surface area contributed by atoms with Crippen molar-refractivity contribution in [2.24, 2.45) is 0 Å². The van der Waals surface area contributed by atoms with Crippen molar-refractivity contribution in [1.82, 2.24) is 10.2 Å². The van der Waals surface area contributed by atoms with E-state index in [9.17, 15) is 27.6 Å². The molecule has 2 N–H and O–H groups in total. The minimum Gasteiger partial charge on any atom is -0.351 e. The third-order valence-electron chi connectivity index (χ3n) is 4.69. The number of amides is 1. The van der Waals surface area contributed by atoms with Gasteiger partial charge in [0, 0.05) is 27.9 Å².